The van der Waals surface area contributed by atoms with E-state index in [1.165, 1.54) is 11.8 Å². The lowest BCUT2D eigenvalue weighted by atomic mass is 9.78. The Labute approximate surface area is 235 Å². The van der Waals surface area contributed by atoms with Crippen molar-refractivity contribution in [2.75, 3.05) is 42.6 Å². The molecule has 2 fully saturated rings. The van der Waals surface area contributed by atoms with Crippen LogP contribution >= 0.6 is 11.8 Å². The molecular formula is C30H39N3O5S. The molecule has 1 N–H and O–H groups in total. The molecule has 1 spiro atoms. The van der Waals surface area contributed by atoms with Crippen LogP contribution in [0, 0.1) is 11.8 Å². The van der Waals surface area contributed by atoms with Crippen LogP contribution in [0.25, 0.3) is 0 Å². The Hall–Kier alpha value is -2.78. The Balaban J connectivity index is 1.56. The zero-order valence-corrected chi connectivity index (χ0v) is 23.8. The average Bonchev–Trinajstić information content (AvgIpc) is 3.34. The number of ether oxygens (including phenoxy) is 1. The van der Waals surface area contributed by atoms with E-state index in [2.05, 4.69) is 24.8 Å². The number of esters is 1. The van der Waals surface area contributed by atoms with Crippen LogP contribution in [0.1, 0.15) is 40.0 Å². The van der Waals surface area contributed by atoms with Crippen LogP contribution in [0.5, 0.6) is 0 Å². The molecule has 4 aliphatic heterocycles. The summed E-state index contributed by atoms with van der Waals surface area (Å²) in [5, 5.41) is 9.85. The van der Waals surface area contributed by atoms with Gasteiger partial charge < -0.3 is 24.5 Å². The van der Waals surface area contributed by atoms with Crippen LogP contribution < -0.4 is 9.80 Å². The van der Waals surface area contributed by atoms with Crippen LogP contribution in [0.4, 0.5) is 11.4 Å². The number of carbonyl (C=O) groups excluding carboxylic acids is 3. The normalized spacial score (nSPS) is 32.2. The third kappa shape index (κ3) is 4.67. The molecule has 2 amide bonds. The summed E-state index contributed by atoms with van der Waals surface area (Å²) in [4.78, 5) is 47.5. The van der Waals surface area contributed by atoms with E-state index >= 15 is 0 Å². The number of aliphatic hydroxyl groups excluding tert-OH is 1. The zero-order valence-electron chi connectivity index (χ0n) is 23.0. The van der Waals surface area contributed by atoms with Crippen molar-refractivity contribution in [1.29, 1.82) is 0 Å². The van der Waals surface area contributed by atoms with E-state index in [9.17, 15) is 19.5 Å². The molecule has 6 atom stereocenters. The largest absolute Gasteiger partial charge is 0.465 e. The lowest BCUT2D eigenvalue weighted by Gasteiger charge is -2.37. The first-order chi connectivity index (χ1) is 18.9. The summed E-state index contributed by atoms with van der Waals surface area (Å²) in [5.74, 6) is -2.26. The quantitative estimate of drug-likeness (QED) is 0.427. The van der Waals surface area contributed by atoms with Gasteiger partial charge in [-0.25, -0.2) is 0 Å². The number of nitrogens with zero attached hydrogens (tertiary/aromatic N) is 3. The number of anilines is 2. The second kappa shape index (κ2) is 11.4. The van der Waals surface area contributed by atoms with Gasteiger partial charge in [0.15, 0.2) is 0 Å². The number of amides is 2. The van der Waals surface area contributed by atoms with E-state index in [1.807, 2.05) is 42.5 Å². The van der Waals surface area contributed by atoms with E-state index in [4.69, 9.17) is 4.74 Å². The van der Waals surface area contributed by atoms with E-state index in [-0.39, 0.29) is 29.6 Å². The molecule has 1 aromatic carbocycles. The fraction of sp³-hybridized carbons (Fsp3) is 0.567. The number of hydrogen-bond acceptors (Lipinski definition) is 7. The van der Waals surface area contributed by atoms with Crippen molar-refractivity contribution in [1.82, 2.24) is 4.90 Å². The van der Waals surface area contributed by atoms with Gasteiger partial charge in [-0.3, -0.25) is 14.4 Å². The maximum atomic E-state index is 14.5. The van der Waals surface area contributed by atoms with E-state index in [0.717, 1.165) is 43.7 Å². The van der Waals surface area contributed by atoms with Gasteiger partial charge in [0.2, 0.25) is 5.91 Å². The van der Waals surface area contributed by atoms with Crippen molar-refractivity contribution in [3.05, 3.63) is 48.6 Å². The molecule has 0 saturated carbocycles. The van der Waals surface area contributed by atoms with Crippen molar-refractivity contribution in [2.24, 2.45) is 11.8 Å². The predicted octanol–water partition coefficient (Wildman–Crippen LogP) is 3.40. The Bertz CT molecular complexity index is 1150. The molecule has 39 heavy (non-hydrogen) atoms. The second-order valence-corrected chi connectivity index (χ2v) is 12.2. The first kappa shape index (κ1) is 27.8. The highest BCUT2D eigenvalue weighted by atomic mass is 32.2. The molecule has 8 nitrogen and oxygen atoms in total. The van der Waals surface area contributed by atoms with E-state index in [1.54, 1.807) is 16.7 Å². The monoisotopic (exact) mass is 553 g/mol. The van der Waals surface area contributed by atoms with Crippen LogP contribution in [0.15, 0.2) is 48.6 Å². The molecule has 0 aliphatic carbocycles. The van der Waals surface area contributed by atoms with Gasteiger partial charge in [0.05, 0.1) is 35.8 Å². The van der Waals surface area contributed by atoms with E-state index in [0.29, 0.717) is 13.2 Å². The minimum atomic E-state index is -0.930. The van der Waals surface area contributed by atoms with E-state index < -0.39 is 28.7 Å². The summed E-state index contributed by atoms with van der Waals surface area (Å²) in [6.45, 7) is 8.18. The number of hydrogen-bond donors (Lipinski definition) is 1. The lowest BCUT2D eigenvalue weighted by molar-refractivity contribution is -0.153. The molecule has 5 rings (SSSR count). The molecule has 1 unspecified atom stereocenters. The summed E-state index contributed by atoms with van der Waals surface area (Å²) in [6, 6.07) is 6.54. The third-order valence-electron chi connectivity index (χ3n) is 8.57. The first-order valence-electron chi connectivity index (χ1n) is 14.2. The van der Waals surface area contributed by atoms with Gasteiger partial charge in [-0.1, -0.05) is 24.3 Å². The maximum Gasteiger partial charge on any atom is 0.311 e. The topological polar surface area (TPSA) is 90.4 Å². The fourth-order valence-corrected chi connectivity index (χ4v) is 8.57. The van der Waals surface area contributed by atoms with Crippen LogP contribution in [-0.2, 0) is 19.1 Å². The SMILES string of the molecule is CCN(CC)c1ccc(N2CC=C[C@]34S[C@@H]5/C=C\CCCCOC(=O)[C@@H]5[C@H]3C(=O)N([C@H](C)CO)C4C2=O)cc1. The Morgan fingerprint density at radius 2 is 1.85 bits per heavy atom. The minimum Gasteiger partial charge on any atom is -0.465 e. The number of thioether (sulfide) groups is 1. The number of fused-ring (bicyclic) bond motifs is 2. The Morgan fingerprint density at radius 1 is 1.10 bits per heavy atom. The van der Waals surface area contributed by atoms with Crippen LogP contribution in [0.3, 0.4) is 0 Å². The summed E-state index contributed by atoms with van der Waals surface area (Å²) in [5.41, 5.74) is 1.84. The summed E-state index contributed by atoms with van der Waals surface area (Å²) < 4.78 is 4.72. The molecule has 0 aromatic heterocycles. The highest BCUT2D eigenvalue weighted by Crippen LogP contribution is 2.61. The number of likely N-dealkylation sites (tertiary alicyclic amines) is 1. The van der Waals surface area contributed by atoms with Crippen molar-refractivity contribution in [3.8, 4) is 0 Å². The standard InChI is InChI=1S/C30H39N3O5S/c1-4-31(5-2)21-12-14-22(15-13-21)32-17-10-16-30-25(27(35)33(20(3)19-34)26(30)28(32)36)24-23(39-30)11-8-6-7-9-18-38-29(24)37/h8,10-16,20,23-26,34H,4-7,9,17-19H2,1-3H3/b11-8-/t20-,23-,24+,25+,26?,30+/m1/s1. The third-order valence-corrected chi connectivity index (χ3v) is 10.3. The van der Waals surface area contributed by atoms with Crippen LogP contribution in [0.2, 0.25) is 0 Å². The number of cyclic esters (lactones) is 1. The van der Waals surface area contributed by atoms with Crippen molar-refractivity contribution < 1.29 is 24.2 Å². The molecule has 0 radical (unpaired) electrons. The van der Waals surface area contributed by atoms with Gasteiger partial charge in [0.25, 0.3) is 5.91 Å². The zero-order chi connectivity index (χ0) is 27.7. The summed E-state index contributed by atoms with van der Waals surface area (Å²) in [6.07, 6.45) is 10.7. The van der Waals surface area contributed by atoms with Gasteiger partial charge >= 0.3 is 5.97 Å². The van der Waals surface area contributed by atoms with Gasteiger partial charge in [-0.15, -0.1) is 11.8 Å². The smallest absolute Gasteiger partial charge is 0.311 e. The first-order valence-corrected chi connectivity index (χ1v) is 15.0. The Morgan fingerprint density at radius 3 is 2.54 bits per heavy atom. The molecule has 4 aliphatic rings. The number of allylic oxidation sites excluding steroid dienone is 1. The van der Waals surface area contributed by atoms with Gasteiger partial charge in [0.1, 0.15) is 6.04 Å². The van der Waals surface area contributed by atoms with Crippen molar-refractivity contribution in [3.63, 3.8) is 0 Å². The lowest BCUT2D eigenvalue weighted by Crippen LogP contribution is -2.56. The number of aliphatic hydroxyl groups is 1. The van der Waals surface area contributed by atoms with Crippen molar-refractivity contribution in [2.45, 2.75) is 62.1 Å². The molecule has 0 bridgehead atoms. The average molecular weight is 554 g/mol. The predicted molar refractivity (Wildman–Crippen MR) is 154 cm³/mol. The molecule has 1 aromatic rings. The number of rotatable bonds is 6. The van der Waals surface area contributed by atoms with Gasteiger partial charge in [-0.2, -0.15) is 0 Å². The molecule has 210 valence electrons. The highest BCUT2D eigenvalue weighted by molar-refractivity contribution is 8.02. The molecular weight excluding hydrogens is 514 g/mol. The molecule has 4 heterocycles. The molecule has 2 saturated heterocycles. The second-order valence-electron chi connectivity index (χ2n) is 10.8. The maximum absolute atomic E-state index is 14.5. The van der Waals surface area contributed by atoms with Gasteiger partial charge in [-0.05, 0) is 64.3 Å². The van der Waals surface area contributed by atoms with Crippen LogP contribution in [-0.4, -0.2) is 82.7 Å². The van der Waals surface area contributed by atoms with Gasteiger partial charge in [0, 0.05) is 36.3 Å². The summed E-state index contributed by atoms with van der Waals surface area (Å²) in [7, 11) is 0. The number of carbonyl (C=O) groups is 3. The Kier molecular flexibility index (Phi) is 8.10. The summed E-state index contributed by atoms with van der Waals surface area (Å²) >= 11 is 1.53. The molecule has 9 heteroatoms. The van der Waals surface area contributed by atoms with Crippen molar-refractivity contribution >= 4 is 40.9 Å². The minimum absolute atomic E-state index is 0.194. The highest BCUT2D eigenvalue weighted by Gasteiger charge is 2.71. The fourth-order valence-electron chi connectivity index (χ4n) is 6.58. The number of benzene rings is 1.